The van der Waals surface area contributed by atoms with E-state index in [2.05, 4.69) is 24.9 Å². The monoisotopic (exact) mass is 542 g/mol. The second kappa shape index (κ2) is 11.3. The number of hydrogen-bond donors (Lipinski definition) is 2. The largest absolute Gasteiger partial charge is 0.496 e. The molecule has 4 aromatic rings. The Morgan fingerprint density at radius 1 is 1.03 bits per heavy atom. The number of amides is 1. The van der Waals surface area contributed by atoms with E-state index in [0.717, 1.165) is 5.56 Å². The van der Waals surface area contributed by atoms with Crippen molar-refractivity contribution in [2.45, 2.75) is 24.8 Å². The first-order valence-corrected chi connectivity index (χ1v) is 12.9. The van der Waals surface area contributed by atoms with E-state index in [1.54, 1.807) is 42.5 Å². The maximum atomic E-state index is 13.3. The van der Waals surface area contributed by atoms with Crippen molar-refractivity contribution in [3.05, 3.63) is 59.8 Å². The highest BCUT2D eigenvalue weighted by molar-refractivity contribution is 7.92. The molecule has 0 saturated carbocycles. The molecule has 0 bridgehead atoms. The van der Waals surface area contributed by atoms with Crippen LogP contribution in [-0.2, 0) is 27.7 Å². The molecule has 0 saturated heterocycles. The van der Waals surface area contributed by atoms with Crippen LogP contribution >= 0.6 is 0 Å². The lowest BCUT2D eigenvalue weighted by Crippen LogP contribution is -2.22. The smallest absolute Gasteiger partial charge is 0.407 e. The molecule has 200 valence electrons. The van der Waals surface area contributed by atoms with Gasteiger partial charge < -0.3 is 28.8 Å². The van der Waals surface area contributed by atoms with Gasteiger partial charge in [-0.25, -0.2) is 18.2 Å². The molecule has 0 radical (unpaired) electrons. The van der Waals surface area contributed by atoms with E-state index in [9.17, 15) is 13.2 Å². The Labute approximate surface area is 218 Å². The Kier molecular flexibility index (Phi) is 7.86. The summed E-state index contributed by atoms with van der Waals surface area (Å²) in [5, 5.41) is 6.76. The first-order valence-electron chi connectivity index (χ1n) is 11.4. The van der Waals surface area contributed by atoms with Crippen molar-refractivity contribution in [3.63, 3.8) is 0 Å². The van der Waals surface area contributed by atoms with Crippen molar-refractivity contribution in [2.75, 3.05) is 26.1 Å². The molecule has 0 aliphatic rings. The van der Waals surface area contributed by atoms with E-state index in [0.29, 0.717) is 23.3 Å². The van der Waals surface area contributed by atoms with E-state index in [-0.39, 0.29) is 40.2 Å². The molecule has 1 amide bonds. The van der Waals surface area contributed by atoms with Crippen LogP contribution in [-0.4, -0.2) is 46.0 Å². The summed E-state index contributed by atoms with van der Waals surface area (Å²) in [6, 6.07) is 13.1. The molecule has 0 atom stereocenters. The van der Waals surface area contributed by atoms with E-state index >= 15 is 0 Å². The van der Waals surface area contributed by atoms with Crippen LogP contribution in [0.15, 0.2) is 57.9 Å². The molecule has 2 aromatic heterocycles. The van der Waals surface area contributed by atoms with Crippen molar-refractivity contribution in [1.29, 1.82) is 0 Å². The number of fused-ring (bicyclic) bond motifs is 1. The summed E-state index contributed by atoms with van der Waals surface area (Å²) >= 11 is 0. The van der Waals surface area contributed by atoms with Crippen molar-refractivity contribution < 1.29 is 36.7 Å². The van der Waals surface area contributed by atoms with E-state index in [1.807, 2.05) is 6.92 Å². The lowest BCUT2D eigenvalue weighted by atomic mass is 10.2. The fourth-order valence-electron chi connectivity index (χ4n) is 3.60. The molecule has 0 spiro atoms. The maximum absolute atomic E-state index is 13.3. The number of nitrogens with zero attached hydrogens (tertiary/aromatic N) is 2. The number of anilines is 1. The molecule has 38 heavy (non-hydrogen) atoms. The zero-order chi connectivity index (χ0) is 27.3. The number of pyridine rings is 1. The number of carbonyl (C=O) groups is 1. The number of nitrogens with one attached hydrogen (secondary N) is 2. The number of carbonyl (C=O) groups excluding carboxylic acids is 1. The molecule has 0 aliphatic carbocycles. The lowest BCUT2D eigenvalue weighted by molar-refractivity contribution is 0.170. The minimum Gasteiger partial charge on any atom is -0.496 e. The van der Waals surface area contributed by atoms with Gasteiger partial charge in [-0.2, -0.15) is 0 Å². The summed E-state index contributed by atoms with van der Waals surface area (Å²) in [7, 11) is 0.00954. The first kappa shape index (κ1) is 26.5. The summed E-state index contributed by atoms with van der Waals surface area (Å²) in [6.07, 6.45) is 0.0665. The van der Waals surface area contributed by atoms with Gasteiger partial charge in [-0.05, 0) is 30.2 Å². The van der Waals surface area contributed by atoms with Gasteiger partial charge in [0, 0.05) is 18.2 Å². The van der Waals surface area contributed by atoms with Gasteiger partial charge in [0.05, 0.1) is 33.6 Å². The van der Waals surface area contributed by atoms with Crippen LogP contribution in [0.25, 0.3) is 11.0 Å². The van der Waals surface area contributed by atoms with E-state index in [1.165, 1.54) is 27.4 Å². The van der Waals surface area contributed by atoms with Crippen molar-refractivity contribution in [3.8, 4) is 23.1 Å². The molecule has 4 rings (SSSR count). The first-order chi connectivity index (χ1) is 18.3. The van der Waals surface area contributed by atoms with Crippen LogP contribution in [0.1, 0.15) is 18.2 Å². The topological polar surface area (TPSA) is 151 Å². The minimum atomic E-state index is -4.09. The molecule has 0 aliphatic heterocycles. The quantitative estimate of drug-likeness (QED) is 0.297. The van der Waals surface area contributed by atoms with Gasteiger partial charge in [-0.3, -0.25) is 4.72 Å². The summed E-state index contributed by atoms with van der Waals surface area (Å²) in [5.41, 5.74) is 1.59. The Balaban J connectivity index is 1.62. The van der Waals surface area contributed by atoms with E-state index in [4.69, 9.17) is 18.7 Å². The second-order valence-electron chi connectivity index (χ2n) is 7.89. The van der Waals surface area contributed by atoms with Crippen LogP contribution in [0.2, 0.25) is 0 Å². The van der Waals surface area contributed by atoms with Gasteiger partial charge in [0.25, 0.3) is 10.0 Å². The molecule has 2 aromatic carbocycles. The van der Waals surface area contributed by atoms with Crippen molar-refractivity contribution >= 4 is 32.9 Å². The highest BCUT2D eigenvalue weighted by atomic mass is 32.2. The third-order valence-corrected chi connectivity index (χ3v) is 6.85. The lowest BCUT2D eigenvalue weighted by Gasteiger charge is -2.12. The van der Waals surface area contributed by atoms with Crippen molar-refractivity contribution in [1.82, 2.24) is 15.5 Å². The normalized spacial score (nSPS) is 11.2. The standard InChI is InChI=1S/C25H26N4O8S/c1-5-15-9-10-18(33-2)21(11-15)38(31,32)29-24-23-19(34-3)12-17(13-20(23)37-28-24)36-22-8-6-7-16(27-22)14-26-25(30)35-4/h6-13H,5,14H2,1-4H3,(H,26,30)(H,28,29). The molecular formula is C25H26N4O8S. The number of hydrogen-bond acceptors (Lipinski definition) is 10. The number of ether oxygens (including phenoxy) is 4. The van der Waals surface area contributed by atoms with Crippen LogP contribution in [0.3, 0.4) is 0 Å². The van der Waals surface area contributed by atoms with Crippen LogP contribution in [0.5, 0.6) is 23.1 Å². The number of rotatable bonds is 10. The van der Waals surface area contributed by atoms with Gasteiger partial charge in [0.2, 0.25) is 5.88 Å². The van der Waals surface area contributed by atoms with Gasteiger partial charge >= 0.3 is 6.09 Å². The highest BCUT2D eigenvalue weighted by Gasteiger charge is 2.25. The molecule has 13 heteroatoms. The molecule has 2 heterocycles. The predicted molar refractivity (Wildman–Crippen MR) is 137 cm³/mol. The SMILES string of the molecule is CCc1ccc(OC)c(S(=O)(=O)Nc2noc3cc(Oc4cccc(CNC(=O)OC)n4)cc(OC)c23)c1. The number of methoxy groups -OCH3 is 3. The summed E-state index contributed by atoms with van der Waals surface area (Å²) in [5.74, 6) is 0.957. The molecule has 0 unspecified atom stereocenters. The molecule has 0 fully saturated rings. The second-order valence-corrected chi connectivity index (χ2v) is 9.54. The fourth-order valence-corrected chi connectivity index (χ4v) is 4.83. The Morgan fingerprint density at radius 3 is 2.53 bits per heavy atom. The summed E-state index contributed by atoms with van der Waals surface area (Å²) in [4.78, 5) is 15.6. The van der Waals surface area contributed by atoms with Crippen molar-refractivity contribution in [2.24, 2.45) is 0 Å². The Morgan fingerprint density at radius 2 is 1.82 bits per heavy atom. The zero-order valence-corrected chi connectivity index (χ0v) is 21.9. The van der Waals surface area contributed by atoms with Gasteiger partial charge in [0.15, 0.2) is 11.4 Å². The third-order valence-electron chi connectivity index (χ3n) is 5.49. The van der Waals surface area contributed by atoms with Crippen LogP contribution < -0.4 is 24.2 Å². The summed E-state index contributed by atoms with van der Waals surface area (Å²) < 4.78 is 55.6. The number of sulfonamides is 1. The Bertz CT molecular complexity index is 1570. The average molecular weight is 543 g/mol. The predicted octanol–water partition coefficient (Wildman–Crippen LogP) is 4.25. The number of benzene rings is 2. The fraction of sp³-hybridized carbons (Fsp3) is 0.240. The Hall–Kier alpha value is -4.52. The molecular weight excluding hydrogens is 516 g/mol. The van der Waals surface area contributed by atoms with E-state index < -0.39 is 16.1 Å². The van der Waals surface area contributed by atoms with Crippen LogP contribution in [0.4, 0.5) is 10.6 Å². The number of aromatic nitrogens is 2. The molecule has 12 nitrogen and oxygen atoms in total. The van der Waals surface area contributed by atoms with Gasteiger partial charge in [-0.1, -0.05) is 24.2 Å². The number of alkyl carbamates (subject to hydrolysis) is 1. The van der Waals surface area contributed by atoms with Gasteiger partial charge in [0.1, 0.15) is 27.5 Å². The molecule has 2 N–H and O–H groups in total. The van der Waals surface area contributed by atoms with Crippen LogP contribution in [0, 0.1) is 0 Å². The third kappa shape index (κ3) is 5.72. The zero-order valence-electron chi connectivity index (χ0n) is 21.1. The average Bonchev–Trinajstić information content (AvgIpc) is 3.32. The highest BCUT2D eigenvalue weighted by Crippen LogP contribution is 2.38. The van der Waals surface area contributed by atoms with Gasteiger partial charge in [-0.15, -0.1) is 0 Å². The summed E-state index contributed by atoms with van der Waals surface area (Å²) in [6.45, 7) is 2.07. The number of aryl methyl sites for hydroxylation is 1. The minimum absolute atomic E-state index is 0.0259. The maximum Gasteiger partial charge on any atom is 0.407 e.